The van der Waals surface area contributed by atoms with Crippen molar-refractivity contribution in [1.82, 2.24) is 0 Å². The van der Waals surface area contributed by atoms with Gasteiger partial charge in [0.05, 0.1) is 5.16 Å². The molecule has 0 amide bonds. The van der Waals surface area contributed by atoms with Gasteiger partial charge in [0.1, 0.15) is 16.1 Å². The van der Waals surface area contributed by atoms with Crippen molar-refractivity contribution in [3.05, 3.63) is 24.3 Å². The van der Waals surface area contributed by atoms with Crippen LogP contribution in [0.15, 0.2) is 29.3 Å². The van der Waals surface area contributed by atoms with Crippen molar-refractivity contribution < 1.29 is 4.74 Å². The number of aliphatic imine (C=N–C) groups is 1. The van der Waals surface area contributed by atoms with Crippen LogP contribution in [0.3, 0.4) is 0 Å². The molecule has 2 nitrogen and oxygen atoms in total. The molecule has 0 atom stereocenters. The molecule has 0 saturated carbocycles. The Kier molecular flexibility index (Phi) is 4.21. The van der Waals surface area contributed by atoms with Crippen molar-refractivity contribution in [3.8, 4) is 5.75 Å². The summed E-state index contributed by atoms with van der Waals surface area (Å²) in [5.74, 6) is 0.740. The number of thiocarbonyl (C=S) groups is 1. The second kappa shape index (κ2) is 5.24. The average molecular weight is 291 g/mol. The zero-order valence-electron chi connectivity index (χ0n) is 6.16. The average Bonchev–Trinajstić information content (AvgIpc) is 2.09. The molecule has 62 valence electrons. The van der Waals surface area contributed by atoms with E-state index in [4.69, 9.17) is 4.74 Å². The van der Waals surface area contributed by atoms with E-state index in [0.717, 1.165) is 11.4 Å². The first-order chi connectivity index (χ1) is 5.88. The lowest BCUT2D eigenvalue weighted by atomic mass is 10.3. The van der Waals surface area contributed by atoms with Crippen molar-refractivity contribution in [2.45, 2.75) is 0 Å². The molecule has 0 saturated heterocycles. The summed E-state index contributed by atoms with van der Waals surface area (Å²) in [5.41, 5.74) is 0.726. The Balaban J connectivity index is 2.99. The highest BCUT2D eigenvalue weighted by Crippen LogP contribution is 2.26. The topological polar surface area (TPSA) is 21.6 Å². The van der Waals surface area contributed by atoms with Gasteiger partial charge in [-0.25, -0.2) is 0 Å². The predicted octanol–water partition coefficient (Wildman–Crippen LogP) is 3.19. The van der Waals surface area contributed by atoms with Crippen LogP contribution in [0, 0.1) is 0 Å². The van der Waals surface area contributed by atoms with Crippen LogP contribution in [0.5, 0.6) is 5.75 Å². The number of hydrogen-bond donors (Lipinski definition) is 0. The maximum absolute atomic E-state index is 5.30. The summed E-state index contributed by atoms with van der Waals surface area (Å²) >= 11 is 6.63. The number of halogens is 1. The van der Waals surface area contributed by atoms with E-state index in [1.807, 2.05) is 24.3 Å². The molecule has 1 aromatic carbocycles. The molecule has 0 N–H and O–H groups in total. The van der Waals surface area contributed by atoms with Gasteiger partial charge >= 0.3 is 0 Å². The minimum atomic E-state index is 0.599. The molecule has 0 aliphatic heterocycles. The van der Waals surface area contributed by atoms with Gasteiger partial charge in [0.15, 0.2) is 0 Å². The van der Waals surface area contributed by atoms with E-state index in [1.54, 1.807) is 0 Å². The van der Waals surface area contributed by atoms with Gasteiger partial charge in [0.25, 0.3) is 0 Å². The highest BCUT2D eigenvalue weighted by atomic mass is 127. The van der Waals surface area contributed by atoms with Gasteiger partial charge in [-0.3, -0.25) is 0 Å². The van der Waals surface area contributed by atoms with Crippen molar-refractivity contribution in [1.29, 1.82) is 0 Å². The maximum Gasteiger partial charge on any atom is 0.146 e. The summed E-state index contributed by atoms with van der Waals surface area (Å²) in [6, 6.07) is 7.46. The molecule has 0 aliphatic carbocycles. The molecule has 0 spiro atoms. The summed E-state index contributed by atoms with van der Waals surface area (Å²) in [6.07, 6.45) is 0. The molecule has 0 aromatic heterocycles. The largest absolute Gasteiger partial charge is 0.481 e. The van der Waals surface area contributed by atoms with Crippen LogP contribution in [-0.4, -0.2) is 9.77 Å². The summed E-state index contributed by atoms with van der Waals surface area (Å²) in [4.78, 5) is 3.86. The Morgan fingerprint density at radius 2 is 2.25 bits per heavy atom. The second-order valence-corrected chi connectivity index (χ2v) is 2.73. The van der Waals surface area contributed by atoms with Crippen LogP contribution in [0.4, 0.5) is 5.69 Å². The smallest absolute Gasteiger partial charge is 0.146 e. The molecule has 1 rings (SSSR count). The van der Waals surface area contributed by atoms with Crippen LogP contribution >= 0.6 is 34.8 Å². The summed E-state index contributed by atoms with van der Waals surface area (Å²) in [7, 11) is 0. The molecule has 0 unspecified atom stereocenters. The SMILES string of the molecule is S=C=Nc1ccccc1OCI. The van der Waals surface area contributed by atoms with Crippen molar-refractivity contribution in [2.24, 2.45) is 4.99 Å². The predicted molar refractivity (Wildman–Crippen MR) is 60.6 cm³/mol. The van der Waals surface area contributed by atoms with Crippen molar-refractivity contribution >= 4 is 45.7 Å². The first kappa shape index (κ1) is 9.64. The number of isothiocyanates is 1. The van der Waals surface area contributed by atoms with Crippen LogP contribution in [0.25, 0.3) is 0 Å². The van der Waals surface area contributed by atoms with Gasteiger partial charge in [-0.05, 0) is 46.9 Å². The highest BCUT2D eigenvalue weighted by Gasteiger charge is 1.98. The van der Waals surface area contributed by atoms with Gasteiger partial charge in [-0.15, -0.1) is 0 Å². The Hall–Kier alpha value is -0.450. The Morgan fingerprint density at radius 1 is 1.50 bits per heavy atom. The number of ether oxygens (including phenoxy) is 1. The molecule has 0 heterocycles. The van der Waals surface area contributed by atoms with Crippen molar-refractivity contribution in [2.75, 3.05) is 4.61 Å². The third-order valence-electron chi connectivity index (χ3n) is 1.24. The minimum Gasteiger partial charge on any atom is -0.481 e. The Morgan fingerprint density at radius 3 is 2.92 bits per heavy atom. The zero-order valence-corrected chi connectivity index (χ0v) is 9.13. The first-order valence-electron chi connectivity index (χ1n) is 3.24. The zero-order chi connectivity index (χ0) is 8.81. The quantitative estimate of drug-likeness (QED) is 0.369. The fraction of sp³-hybridized carbons (Fsp3) is 0.125. The van der Waals surface area contributed by atoms with Crippen LogP contribution in [0.2, 0.25) is 0 Å². The molecule has 0 fully saturated rings. The van der Waals surface area contributed by atoms with Crippen LogP contribution in [-0.2, 0) is 0 Å². The van der Waals surface area contributed by atoms with E-state index in [9.17, 15) is 0 Å². The first-order valence-corrected chi connectivity index (χ1v) is 5.17. The summed E-state index contributed by atoms with van der Waals surface area (Å²) < 4.78 is 5.90. The minimum absolute atomic E-state index is 0.599. The van der Waals surface area contributed by atoms with Crippen LogP contribution in [0.1, 0.15) is 0 Å². The number of hydrogen-bond acceptors (Lipinski definition) is 3. The van der Waals surface area contributed by atoms with Gasteiger partial charge in [0, 0.05) is 0 Å². The number of rotatable bonds is 3. The molecule has 0 radical (unpaired) electrons. The standard InChI is InChI=1S/C8H6INOS/c9-5-11-8-4-2-1-3-7(8)10-6-12/h1-4H,5H2. The fourth-order valence-electron chi connectivity index (χ4n) is 0.780. The lowest BCUT2D eigenvalue weighted by Gasteiger charge is -2.02. The number of benzene rings is 1. The molecule has 0 aliphatic rings. The molecule has 4 heteroatoms. The molecular formula is C8H6INOS. The van der Waals surface area contributed by atoms with Gasteiger partial charge in [0.2, 0.25) is 0 Å². The van der Waals surface area contributed by atoms with Gasteiger partial charge in [-0.1, -0.05) is 12.1 Å². The lowest BCUT2D eigenvalue weighted by Crippen LogP contribution is -1.87. The third kappa shape index (κ3) is 2.55. The third-order valence-corrected chi connectivity index (χ3v) is 1.64. The lowest BCUT2D eigenvalue weighted by molar-refractivity contribution is 0.406. The second-order valence-electron chi connectivity index (χ2n) is 1.92. The summed E-state index contributed by atoms with van der Waals surface area (Å²) in [5, 5.41) is 2.31. The molecule has 1 aromatic rings. The molecule has 0 bridgehead atoms. The molecule has 12 heavy (non-hydrogen) atoms. The Labute approximate surface area is 89.8 Å². The highest BCUT2D eigenvalue weighted by molar-refractivity contribution is 14.1. The van der Waals surface area contributed by atoms with Crippen LogP contribution < -0.4 is 4.74 Å². The summed E-state index contributed by atoms with van der Waals surface area (Å²) in [6.45, 7) is 0. The van der Waals surface area contributed by atoms with E-state index in [1.165, 1.54) is 0 Å². The number of para-hydroxylation sites is 2. The van der Waals surface area contributed by atoms with E-state index < -0.39 is 0 Å². The normalized spacial score (nSPS) is 8.75. The van der Waals surface area contributed by atoms with Crippen molar-refractivity contribution in [3.63, 3.8) is 0 Å². The van der Waals surface area contributed by atoms with E-state index in [-0.39, 0.29) is 0 Å². The monoisotopic (exact) mass is 291 g/mol. The van der Waals surface area contributed by atoms with E-state index >= 15 is 0 Å². The van der Waals surface area contributed by atoms with Gasteiger partial charge in [-0.2, -0.15) is 4.99 Å². The maximum atomic E-state index is 5.30. The van der Waals surface area contributed by atoms with E-state index in [0.29, 0.717) is 4.61 Å². The van der Waals surface area contributed by atoms with Gasteiger partial charge < -0.3 is 4.74 Å². The Bertz CT molecular complexity index is 310. The number of nitrogens with zero attached hydrogens (tertiary/aromatic N) is 1. The molecular weight excluding hydrogens is 285 g/mol. The number of alkyl halides is 1. The van der Waals surface area contributed by atoms with E-state index in [2.05, 4.69) is 45.0 Å². The fourth-order valence-corrected chi connectivity index (χ4v) is 1.21.